The molecule has 1 aliphatic heterocycles. The molecule has 5 nitrogen and oxygen atoms in total. The number of methoxy groups -OCH3 is 1. The monoisotopic (exact) mass is 363 g/mol. The van der Waals surface area contributed by atoms with E-state index >= 15 is 0 Å². The number of ether oxygens (including phenoxy) is 1. The second-order valence-electron chi connectivity index (χ2n) is 7.17. The van der Waals surface area contributed by atoms with E-state index in [1.807, 2.05) is 53.4 Å². The summed E-state index contributed by atoms with van der Waals surface area (Å²) >= 11 is 0. The minimum atomic E-state index is 0.221. The number of aryl methyl sites for hydroxylation is 1. The van der Waals surface area contributed by atoms with Crippen LogP contribution >= 0.6 is 0 Å². The predicted molar refractivity (Wildman–Crippen MR) is 106 cm³/mol. The summed E-state index contributed by atoms with van der Waals surface area (Å²) < 4.78 is 5.26. The van der Waals surface area contributed by atoms with E-state index in [2.05, 4.69) is 4.98 Å². The van der Waals surface area contributed by atoms with Gasteiger partial charge in [0.2, 0.25) is 5.91 Å². The number of imidazole rings is 1. The molecule has 1 unspecified atom stereocenters. The predicted octanol–water partition coefficient (Wildman–Crippen LogP) is 3.91. The van der Waals surface area contributed by atoms with Crippen LogP contribution < -0.4 is 4.74 Å². The van der Waals surface area contributed by atoms with E-state index < -0.39 is 0 Å². The normalized spacial score (nSPS) is 17.2. The Morgan fingerprint density at radius 2 is 2.15 bits per heavy atom. The molecule has 0 bridgehead atoms. The summed E-state index contributed by atoms with van der Waals surface area (Å²) in [6.45, 7) is 1.59. The van der Waals surface area contributed by atoms with Gasteiger partial charge in [0.05, 0.1) is 18.1 Å². The number of aromatic amines is 1. The standard InChI is InChI=1S/C22H25N3O2/c1-27-18-8-4-6-16(14-18)11-12-21(26)25-13-5-7-17(15-25)22-23-19-9-2-3-10-20(19)24-22/h2-4,6,8-10,14,17H,5,7,11-13,15H2,1H3,(H,23,24). The SMILES string of the molecule is COc1cccc(CCC(=O)N2CCCC(c3nc4ccccc4[nH]3)C2)c1. The maximum absolute atomic E-state index is 12.7. The summed E-state index contributed by atoms with van der Waals surface area (Å²) in [5.41, 5.74) is 3.19. The molecule has 4 rings (SSSR count). The van der Waals surface area contributed by atoms with Crippen LogP contribution in [-0.4, -0.2) is 41.0 Å². The molecule has 27 heavy (non-hydrogen) atoms. The van der Waals surface area contributed by atoms with Crippen LogP contribution in [0.25, 0.3) is 11.0 Å². The van der Waals surface area contributed by atoms with Crippen molar-refractivity contribution in [1.82, 2.24) is 14.9 Å². The number of aromatic nitrogens is 2. The Kier molecular flexibility index (Phi) is 5.10. The third-order valence-corrected chi connectivity index (χ3v) is 5.33. The molecule has 0 aliphatic carbocycles. The number of benzene rings is 2. The molecule has 3 aromatic rings. The molecule has 1 saturated heterocycles. The quantitative estimate of drug-likeness (QED) is 0.748. The van der Waals surface area contributed by atoms with E-state index in [-0.39, 0.29) is 11.8 Å². The number of H-pyrrole nitrogens is 1. The zero-order chi connectivity index (χ0) is 18.6. The van der Waals surface area contributed by atoms with Crippen LogP contribution in [0, 0.1) is 0 Å². The summed E-state index contributed by atoms with van der Waals surface area (Å²) in [5, 5.41) is 0. The largest absolute Gasteiger partial charge is 0.497 e. The topological polar surface area (TPSA) is 58.2 Å². The number of nitrogens with zero attached hydrogens (tertiary/aromatic N) is 2. The van der Waals surface area contributed by atoms with Gasteiger partial charge in [0.25, 0.3) is 0 Å². The van der Waals surface area contributed by atoms with Gasteiger partial charge in [-0.2, -0.15) is 0 Å². The van der Waals surface area contributed by atoms with Crippen molar-refractivity contribution in [2.24, 2.45) is 0 Å². The van der Waals surface area contributed by atoms with E-state index in [1.54, 1.807) is 7.11 Å². The van der Waals surface area contributed by atoms with Gasteiger partial charge >= 0.3 is 0 Å². The van der Waals surface area contributed by atoms with Crippen LogP contribution in [0.1, 0.15) is 36.6 Å². The molecule has 2 heterocycles. The first-order valence-electron chi connectivity index (χ1n) is 9.58. The molecule has 0 radical (unpaired) electrons. The summed E-state index contributed by atoms with van der Waals surface area (Å²) in [4.78, 5) is 22.9. The molecule has 1 aromatic heterocycles. The summed E-state index contributed by atoms with van der Waals surface area (Å²) in [5.74, 6) is 2.34. The highest BCUT2D eigenvalue weighted by molar-refractivity contribution is 5.77. The first-order valence-corrected chi connectivity index (χ1v) is 9.58. The Labute approximate surface area is 159 Å². The van der Waals surface area contributed by atoms with Gasteiger partial charge in [0, 0.05) is 25.4 Å². The number of carbonyl (C=O) groups excluding carboxylic acids is 1. The van der Waals surface area contributed by atoms with Crippen LogP contribution in [-0.2, 0) is 11.2 Å². The number of carbonyl (C=O) groups is 1. The van der Waals surface area contributed by atoms with Crippen LogP contribution in [0.15, 0.2) is 48.5 Å². The number of rotatable bonds is 5. The number of piperidine rings is 1. The zero-order valence-corrected chi connectivity index (χ0v) is 15.6. The lowest BCUT2D eigenvalue weighted by molar-refractivity contribution is -0.132. The molecule has 2 aromatic carbocycles. The van der Waals surface area contributed by atoms with Crippen molar-refractivity contribution in [2.75, 3.05) is 20.2 Å². The zero-order valence-electron chi connectivity index (χ0n) is 15.6. The maximum atomic E-state index is 12.7. The fourth-order valence-corrected chi connectivity index (χ4v) is 3.83. The molecular weight excluding hydrogens is 338 g/mol. The molecule has 1 atom stereocenters. The molecule has 140 valence electrons. The van der Waals surface area contributed by atoms with Gasteiger partial charge in [0.15, 0.2) is 0 Å². The fourth-order valence-electron chi connectivity index (χ4n) is 3.83. The smallest absolute Gasteiger partial charge is 0.222 e. The van der Waals surface area contributed by atoms with Gasteiger partial charge in [0.1, 0.15) is 11.6 Å². The Bertz CT molecular complexity index is 901. The third-order valence-electron chi connectivity index (χ3n) is 5.33. The molecule has 5 heteroatoms. The van der Waals surface area contributed by atoms with Crippen molar-refractivity contribution >= 4 is 16.9 Å². The van der Waals surface area contributed by atoms with Crippen LogP contribution in [0.5, 0.6) is 5.75 Å². The van der Waals surface area contributed by atoms with Crippen molar-refractivity contribution in [1.29, 1.82) is 0 Å². The van der Waals surface area contributed by atoms with E-state index in [4.69, 9.17) is 9.72 Å². The Morgan fingerprint density at radius 3 is 3.00 bits per heavy atom. The molecule has 0 spiro atoms. The van der Waals surface area contributed by atoms with Crippen LogP contribution in [0.2, 0.25) is 0 Å². The average molecular weight is 363 g/mol. The molecule has 1 aliphatic rings. The van der Waals surface area contributed by atoms with E-state index in [1.165, 1.54) is 0 Å². The number of likely N-dealkylation sites (tertiary alicyclic amines) is 1. The second kappa shape index (κ2) is 7.82. The highest BCUT2D eigenvalue weighted by Gasteiger charge is 2.26. The van der Waals surface area contributed by atoms with Crippen molar-refractivity contribution in [3.63, 3.8) is 0 Å². The van der Waals surface area contributed by atoms with Crippen LogP contribution in [0.4, 0.5) is 0 Å². The van der Waals surface area contributed by atoms with Gasteiger partial charge in [-0.05, 0) is 49.1 Å². The number of nitrogens with one attached hydrogen (secondary N) is 1. The molecular formula is C22H25N3O2. The van der Waals surface area contributed by atoms with E-state index in [0.717, 1.165) is 60.5 Å². The number of fused-ring (bicyclic) bond motifs is 1. The Hall–Kier alpha value is -2.82. The summed E-state index contributed by atoms with van der Waals surface area (Å²) in [6.07, 6.45) is 3.36. The minimum Gasteiger partial charge on any atom is -0.497 e. The van der Waals surface area contributed by atoms with Gasteiger partial charge in [-0.25, -0.2) is 4.98 Å². The van der Waals surface area contributed by atoms with E-state index in [0.29, 0.717) is 6.42 Å². The number of amides is 1. The summed E-state index contributed by atoms with van der Waals surface area (Å²) in [6, 6.07) is 16.0. The van der Waals surface area contributed by atoms with Gasteiger partial charge in [-0.15, -0.1) is 0 Å². The highest BCUT2D eigenvalue weighted by Crippen LogP contribution is 2.27. The van der Waals surface area contributed by atoms with E-state index in [9.17, 15) is 4.79 Å². The molecule has 1 amide bonds. The molecule has 1 N–H and O–H groups in total. The second-order valence-corrected chi connectivity index (χ2v) is 7.17. The minimum absolute atomic E-state index is 0.221. The molecule has 0 saturated carbocycles. The van der Waals surface area contributed by atoms with Crippen molar-refractivity contribution in [3.05, 3.63) is 59.9 Å². The first-order chi connectivity index (χ1) is 13.2. The van der Waals surface area contributed by atoms with Crippen LogP contribution in [0.3, 0.4) is 0 Å². The van der Waals surface area contributed by atoms with Crippen molar-refractivity contribution < 1.29 is 9.53 Å². The van der Waals surface area contributed by atoms with Crippen molar-refractivity contribution in [3.8, 4) is 5.75 Å². The Morgan fingerprint density at radius 1 is 1.26 bits per heavy atom. The summed E-state index contributed by atoms with van der Waals surface area (Å²) in [7, 11) is 1.66. The van der Waals surface area contributed by atoms with Gasteiger partial charge < -0.3 is 14.6 Å². The fraction of sp³-hybridized carbons (Fsp3) is 0.364. The third kappa shape index (κ3) is 3.97. The maximum Gasteiger partial charge on any atom is 0.222 e. The average Bonchev–Trinajstić information content (AvgIpc) is 3.16. The lowest BCUT2D eigenvalue weighted by Crippen LogP contribution is -2.39. The van der Waals surface area contributed by atoms with Crippen molar-refractivity contribution in [2.45, 2.75) is 31.6 Å². The Balaban J connectivity index is 1.39. The van der Waals surface area contributed by atoms with Gasteiger partial charge in [-0.3, -0.25) is 4.79 Å². The lowest BCUT2D eigenvalue weighted by atomic mass is 9.96. The molecule has 1 fully saturated rings. The number of hydrogen-bond donors (Lipinski definition) is 1. The lowest BCUT2D eigenvalue weighted by Gasteiger charge is -2.32. The first kappa shape index (κ1) is 17.6. The number of hydrogen-bond acceptors (Lipinski definition) is 3. The van der Waals surface area contributed by atoms with Gasteiger partial charge in [-0.1, -0.05) is 24.3 Å². The highest BCUT2D eigenvalue weighted by atomic mass is 16.5. The number of para-hydroxylation sites is 2.